The predicted molar refractivity (Wildman–Crippen MR) is 77.7 cm³/mol. The number of ether oxygens (including phenoxy) is 1. The lowest BCUT2D eigenvalue weighted by Crippen LogP contribution is -2.41. The third-order valence-electron chi connectivity index (χ3n) is 3.95. The molecule has 2 aliphatic rings. The van der Waals surface area contributed by atoms with Crippen molar-refractivity contribution in [1.82, 2.24) is 10.2 Å². The predicted octanol–water partition coefficient (Wildman–Crippen LogP) is 1.60. The summed E-state index contributed by atoms with van der Waals surface area (Å²) in [5.74, 6) is 0.0559. The van der Waals surface area contributed by atoms with Crippen LogP contribution in [-0.4, -0.2) is 43.2 Å². The lowest BCUT2D eigenvalue weighted by molar-refractivity contribution is -0.125. The zero-order valence-corrected chi connectivity index (χ0v) is 12.3. The number of hydrogen-bond acceptors (Lipinski definition) is 3. The van der Waals surface area contributed by atoms with Crippen LogP contribution >= 0.6 is 11.6 Å². The first-order chi connectivity index (χ1) is 9.61. The average Bonchev–Trinajstić information content (AvgIpc) is 2.63. The van der Waals surface area contributed by atoms with Gasteiger partial charge >= 0.3 is 0 Å². The minimum Gasteiger partial charge on any atom is -0.378 e. The third kappa shape index (κ3) is 2.97. The molecule has 1 aromatic carbocycles. The van der Waals surface area contributed by atoms with E-state index >= 15 is 0 Å². The number of rotatable bonds is 2. The van der Waals surface area contributed by atoms with Gasteiger partial charge in [0.1, 0.15) is 0 Å². The number of nitrogens with zero attached hydrogens (tertiary/aromatic N) is 1. The van der Waals surface area contributed by atoms with Crippen LogP contribution in [0.1, 0.15) is 11.1 Å². The first-order valence-electron chi connectivity index (χ1n) is 6.97. The van der Waals surface area contributed by atoms with Crippen LogP contribution in [0.5, 0.6) is 0 Å². The fraction of sp³-hybridized carbons (Fsp3) is 0.533. The van der Waals surface area contributed by atoms with E-state index in [4.69, 9.17) is 16.3 Å². The van der Waals surface area contributed by atoms with E-state index in [0.29, 0.717) is 13.2 Å². The molecule has 108 valence electrons. The second-order valence-corrected chi connectivity index (χ2v) is 6.12. The van der Waals surface area contributed by atoms with Crippen molar-refractivity contribution >= 4 is 17.5 Å². The zero-order valence-electron chi connectivity index (χ0n) is 11.6. The second-order valence-electron chi connectivity index (χ2n) is 5.72. The van der Waals surface area contributed by atoms with E-state index in [2.05, 4.69) is 16.3 Å². The van der Waals surface area contributed by atoms with Gasteiger partial charge < -0.3 is 10.1 Å². The molecule has 0 spiro atoms. The van der Waals surface area contributed by atoms with E-state index in [9.17, 15) is 4.79 Å². The molecule has 1 N–H and O–H groups in total. The summed E-state index contributed by atoms with van der Waals surface area (Å²) in [6.07, 6.45) is 0. The molecule has 0 aliphatic carbocycles. The van der Waals surface area contributed by atoms with E-state index in [-0.39, 0.29) is 17.9 Å². The van der Waals surface area contributed by atoms with Crippen LogP contribution in [0.4, 0.5) is 0 Å². The highest BCUT2D eigenvalue weighted by atomic mass is 35.5. The van der Waals surface area contributed by atoms with Crippen LogP contribution in [0.3, 0.4) is 0 Å². The lowest BCUT2D eigenvalue weighted by atomic mass is 10.1. The SMILES string of the molecule is Cc1ccc(CN2C[C@H]3COC[C@@H](C2)C(=O)N3)cc1Cl. The molecule has 0 aromatic heterocycles. The van der Waals surface area contributed by atoms with Crippen LogP contribution in [0, 0.1) is 12.8 Å². The monoisotopic (exact) mass is 294 g/mol. The topological polar surface area (TPSA) is 41.6 Å². The van der Waals surface area contributed by atoms with Gasteiger partial charge in [-0.3, -0.25) is 9.69 Å². The molecule has 2 saturated heterocycles. The quantitative estimate of drug-likeness (QED) is 0.901. The highest BCUT2D eigenvalue weighted by molar-refractivity contribution is 6.31. The molecule has 0 saturated carbocycles. The number of carbonyl (C=O) groups is 1. The molecule has 1 aromatic rings. The molecule has 3 rings (SSSR count). The number of hydrogen-bond donors (Lipinski definition) is 1. The minimum absolute atomic E-state index is 0.0663. The van der Waals surface area contributed by atoms with Crippen LogP contribution < -0.4 is 5.32 Å². The Morgan fingerprint density at radius 1 is 1.40 bits per heavy atom. The Bertz CT molecular complexity index is 521. The van der Waals surface area contributed by atoms with Gasteiger partial charge in [-0.15, -0.1) is 0 Å². The number of fused-ring (bicyclic) bond motifs is 3. The summed E-state index contributed by atoms with van der Waals surface area (Å²) in [4.78, 5) is 14.3. The molecule has 1 amide bonds. The van der Waals surface area contributed by atoms with Gasteiger partial charge in [0.05, 0.1) is 25.2 Å². The summed E-state index contributed by atoms with van der Waals surface area (Å²) >= 11 is 6.18. The van der Waals surface area contributed by atoms with Crippen molar-refractivity contribution in [3.8, 4) is 0 Å². The van der Waals surface area contributed by atoms with Gasteiger partial charge in [0.15, 0.2) is 0 Å². The number of benzene rings is 1. The number of carbonyl (C=O) groups excluding carboxylic acids is 1. The Morgan fingerprint density at radius 3 is 3.05 bits per heavy atom. The van der Waals surface area contributed by atoms with E-state index < -0.39 is 0 Å². The largest absolute Gasteiger partial charge is 0.378 e. The second kappa shape index (κ2) is 5.72. The van der Waals surface area contributed by atoms with Gasteiger partial charge in [-0.2, -0.15) is 0 Å². The maximum atomic E-state index is 12.0. The summed E-state index contributed by atoms with van der Waals surface area (Å²) in [6, 6.07) is 6.26. The van der Waals surface area contributed by atoms with Gasteiger partial charge in [-0.1, -0.05) is 23.7 Å². The van der Waals surface area contributed by atoms with Gasteiger partial charge in [-0.05, 0) is 24.1 Å². The van der Waals surface area contributed by atoms with Gasteiger partial charge in [0.2, 0.25) is 5.91 Å². The van der Waals surface area contributed by atoms with Crippen LogP contribution in [0.2, 0.25) is 5.02 Å². The molecule has 2 heterocycles. The van der Waals surface area contributed by atoms with Crippen LogP contribution in [-0.2, 0) is 16.1 Å². The summed E-state index contributed by atoms with van der Waals surface area (Å²) in [7, 11) is 0. The Morgan fingerprint density at radius 2 is 2.25 bits per heavy atom. The Hall–Kier alpha value is -1.10. The molecule has 4 nitrogen and oxygen atoms in total. The maximum absolute atomic E-state index is 12.0. The fourth-order valence-corrected chi connectivity index (χ4v) is 3.05. The Labute approximate surface area is 124 Å². The Kier molecular flexibility index (Phi) is 3.96. The van der Waals surface area contributed by atoms with Crippen molar-refractivity contribution < 1.29 is 9.53 Å². The molecular weight excluding hydrogens is 276 g/mol. The van der Waals surface area contributed by atoms with E-state index in [1.54, 1.807) is 0 Å². The van der Waals surface area contributed by atoms with Crippen molar-refractivity contribution in [2.24, 2.45) is 5.92 Å². The number of halogens is 1. The smallest absolute Gasteiger partial charge is 0.227 e. The standard InChI is InChI=1S/C15H19ClN2O2/c1-10-2-3-11(4-14(10)16)5-18-6-12-8-20-9-13(7-18)17-15(12)19/h2-4,12-13H,5-9H2,1H3,(H,17,19)/t12-,13+/m1/s1. The molecule has 0 radical (unpaired) electrons. The minimum atomic E-state index is -0.0663. The van der Waals surface area contributed by atoms with E-state index in [1.807, 2.05) is 19.1 Å². The number of nitrogens with one attached hydrogen (secondary N) is 1. The first kappa shape index (κ1) is 13.9. The molecule has 2 atom stereocenters. The van der Waals surface area contributed by atoms with Crippen molar-refractivity contribution in [2.45, 2.75) is 19.5 Å². The molecular formula is C15H19ClN2O2. The maximum Gasteiger partial charge on any atom is 0.227 e. The Balaban J connectivity index is 1.74. The van der Waals surface area contributed by atoms with Gasteiger partial charge in [-0.25, -0.2) is 0 Å². The van der Waals surface area contributed by atoms with Crippen molar-refractivity contribution in [3.05, 3.63) is 34.3 Å². The molecule has 5 heteroatoms. The van der Waals surface area contributed by atoms with Crippen LogP contribution in [0.25, 0.3) is 0 Å². The number of aryl methyl sites for hydroxylation is 1. The molecule has 2 fully saturated rings. The van der Waals surface area contributed by atoms with Crippen molar-refractivity contribution in [3.63, 3.8) is 0 Å². The van der Waals surface area contributed by atoms with Crippen molar-refractivity contribution in [1.29, 1.82) is 0 Å². The molecule has 20 heavy (non-hydrogen) atoms. The summed E-state index contributed by atoms with van der Waals surface area (Å²) in [5.41, 5.74) is 2.28. The highest BCUT2D eigenvalue weighted by Gasteiger charge is 2.33. The van der Waals surface area contributed by atoms with Gasteiger partial charge in [0, 0.05) is 24.7 Å². The lowest BCUT2D eigenvalue weighted by Gasteiger charge is -2.27. The molecule has 2 aliphatic heterocycles. The van der Waals surface area contributed by atoms with E-state index in [1.165, 1.54) is 5.56 Å². The third-order valence-corrected chi connectivity index (χ3v) is 4.36. The molecule has 0 unspecified atom stereocenters. The number of amides is 1. The van der Waals surface area contributed by atoms with Crippen LogP contribution in [0.15, 0.2) is 18.2 Å². The summed E-state index contributed by atoms with van der Waals surface area (Å²) in [6.45, 7) is 5.52. The highest BCUT2D eigenvalue weighted by Crippen LogP contribution is 2.20. The normalized spacial score (nSPS) is 27.0. The zero-order chi connectivity index (χ0) is 14.1. The molecule has 2 bridgehead atoms. The average molecular weight is 295 g/mol. The first-order valence-corrected chi connectivity index (χ1v) is 7.35. The fourth-order valence-electron chi connectivity index (χ4n) is 2.84. The summed E-state index contributed by atoms with van der Waals surface area (Å²) in [5, 5.41) is 3.85. The van der Waals surface area contributed by atoms with E-state index in [0.717, 1.165) is 30.2 Å². The van der Waals surface area contributed by atoms with Gasteiger partial charge in [0.25, 0.3) is 0 Å². The van der Waals surface area contributed by atoms with Crippen molar-refractivity contribution in [2.75, 3.05) is 26.3 Å². The summed E-state index contributed by atoms with van der Waals surface area (Å²) < 4.78 is 5.53.